The predicted molar refractivity (Wildman–Crippen MR) is 238 cm³/mol. The van der Waals surface area contributed by atoms with Gasteiger partial charge in [0.25, 0.3) is 0 Å². The van der Waals surface area contributed by atoms with Gasteiger partial charge in [-0.25, -0.2) is 0 Å². The lowest BCUT2D eigenvalue weighted by molar-refractivity contribution is -0.0980. The van der Waals surface area contributed by atoms with Crippen molar-refractivity contribution in [2.45, 2.75) is 116 Å². The van der Waals surface area contributed by atoms with Crippen molar-refractivity contribution in [2.75, 3.05) is 65.3 Å². The van der Waals surface area contributed by atoms with Crippen molar-refractivity contribution in [1.29, 1.82) is 0 Å². The van der Waals surface area contributed by atoms with E-state index in [1.165, 1.54) is 50.5 Å². The second kappa shape index (κ2) is 36.4. The molecule has 5 heterocycles. The van der Waals surface area contributed by atoms with Crippen LogP contribution in [0.4, 0.5) is 0 Å². The fourth-order valence-electron chi connectivity index (χ4n) is 4.28. The minimum absolute atomic E-state index is 0.151. The molecule has 0 aromatic heterocycles. The Morgan fingerprint density at radius 3 is 1.18 bits per heavy atom. The molecule has 3 aromatic rings. The quantitative estimate of drug-likeness (QED) is 0.0556. The zero-order valence-electron chi connectivity index (χ0n) is 36.7. The van der Waals surface area contributed by atoms with Crippen molar-refractivity contribution in [3.05, 3.63) is 89.5 Å². The summed E-state index contributed by atoms with van der Waals surface area (Å²) in [6, 6.07) is 22.0. The first-order valence-electron chi connectivity index (χ1n) is 21.0. The Morgan fingerprint density at radius 1 is 0.633 bits per heavy atom. The highest BCUT2D eigenvalue weighted by Crippen LogP contribution is 2.33. The second-order valence-electron chi connectivity index (χ2n) is 14.9. The molecule has 5 aliphatic rings. The SMILES string of the molecule is C1CO1.C1CO1.C=O.CC(C)(c1ccc(O)cc1)c1ccc(O)cc1.CC1CO1.CC1CO1.CCCCCCCCCc1ccc(O)cc1.ClCC1CO1.OCC(O)CO. The predicted octanol–water partition coefficient (Wildman–Crippen LogP) is 7.72. The summed E-state index contributed by atoms with van der Waals surface area (Å²) in [5, 5.41) is 51.8. The third-order valence-electron chi connectivity index (χ3n) is 8.59. The monoisotopic (exact) mass is 866 g/mol. The Bertz CT molecular complexity index is 1300. The van der Waals surface area contributed by atoms with Crippen LogP contribution in [0.5, 0.6) is 17.2 Å². The lowest BCUT2D eigenvalue weighted by Gasteiger charge is -2.26. The Labute approximate surface area is 364 Å². The van der Waals surface area contributed by atoms with E-state index in [1.807, 2.05) is 43.2 Å². The summed E-state index contributed by atoms with van der Waals surface area (Å²) < 4.78 is 23.1. The number of halogens is 1. The fourth-order valence-corrected chi connectivity index (χ4v) is 4.46. The molecule has 3 unspecified atom stereocenters. The van der Waals surface area contributed by atoms with E-state index in [2.05, 4.69) is 44.1 Å². The molecule has 0 bridgehead atoms. The minimum atomic E-state index is -0.954. The van der Waals surface area contributed by atoms with Crippen LogP contribution in [0.25, 0.3) is 0 Å². The van der Waals surface area contributed by atoms with E-state index in [1.54, 1.807) is 36.4 Å². The number of phenolic OH excluding ortho intramolecular Hbond substituents is 3. The van der Waals surface area contributed by atoms with Crippen LogP contribution in [-0.2, 0) is 40.3 Å². The molecule has 3 atom stereocenters. The molecule has 8 rings (SSSR count). The molecular weight excluding hydrogens is 792 g/mol. The number of hydrogen-bond donors (Lipinski definition) is 6. The molecule has 0 saturated carbocycles. The molecular formula is C47H75ClO12. The van der Waals surface area contributed by atoms with E-state index >= 15 is 0 Å². The Morgan fingerprint density at radius 2 is 0.950 bits per heavy atom. The van der Waals surface area contributed by atoms with Crippen LogP contribution in [0.1, 0.15) is 96.3 Å². The number of aromatic hydroxyl groups is 3. The summed E-state index contributed by atoms with van der Waals surface area (Å²) in [4.78, 5) is 8.00. The number of aliphatic hydroxyl groups excluding tert-OH is 3. The van der Waals surface area contributed by atoms with Gasteiger partial charge in [0.15, 0.2) is 0 Å². The number of unbranched alkanes of at least 4 members (excludes halogenated alkanes) is 6. The average molecular weight is 868 g/mol. The summed E-state index contributed by atoms with van der Waals surface area (Å²) in [6.45, 7) is 18.7. The smallest absolute Gasteiger partial charge is 0.115 e. The van der Waals surface area contributed by atoms with Crippen LogP contribution in [0.2, 0.25) is 0 Å². The van der Waals surface area contributed by atoms with Gasteiger partial charge in [-0.2, -0.15) is 0 Å². The highest BCUT2D eigenvalue weighted by molar-refractivity contribution is 6.18. The zero-order valence-corrected chi connectivity index (χ0v) is 37.4. The standard InChI is InChI=1S/C15H16O2.C15H24O.C3H5ClO.C3H8O3.2C3H6O.2C2H4O.CH2O/c1-15(2,11-3-7-13(16)8-4-11)12-5-9-14(17)10-6-12;1-2-3-4-5-6-7-8-9-14-10-12-15(16)13-11-14;4-1-3-2-5-3;4-1-3(6)2-5;2*1-3-2-4-3;2*1-2-3-1;1-2/h3-10,16-17H,1-2H3;10-13,16H,2-9H2,1H3;3H,1-2H2;3-6H,1-2H2;2*3H,2H2,1H3;2*1-2H2;1H2. The first-order chi connectivity index (χ1) is 28.9. The van der Waals surface area contributed by atoms with E-state index in [9.17, 15) is 10.2 Å². The third-order valence-corrected chi connectivity index (χ3v) is 8.93. The van der Waals surface area contributed by atoms with Gasteiger partial charge < -0.3 is 59.1 Å². The van der Waals surface area contributed by atoms with Crippen LogP contribution in [0.3, 0.4) is 0 Å². The van der Waals surface area contributed by atoms with Crippen molar-refractivity contribution in [3.8, 4) is 17.2 Å². The van der Waals surface area contributed by atoms with Crippen molar-refractivity contribution >= 4 is 18.4 Å². The van der Waals surface area contributed by atoms with E-state index in [0.717, 1.165) is 63.8 Å². The average Bonchev–Trinajstić information content (AvgIpc) is 4.06. The Hall–Kier alpha value is -3.30. The molecule has 12 nitrogen and oxygen atoms in total. The molecule has 0 aliphatic carbocycles. The van der Waals surface area contributed by atoms with Gasteiger partial charge in [-0.15, -0.1) is 11.6 Å². The van der Waals surface area contributed by atoms with Gasteiger partial charge in [-0.1, -0.05) is 95.7 Å². The lowest BCUT2D eigenvalue weighted by atomic mass is 9.78. The van der Waals surface area contributed by atoms with E-state index in [0.29, 0.717) is 29.9 Å². The van der Waals surface area contributed by atoms with Crippen molar-refractivity contribution in [3.63, 3.8) is 0 Å². The highest BCUT2D eigenvalue weighted by atomic mass is 35.5. The summed E-state index contributed by atoms with van der Waals surface area (Å²) >= 11 is 5.27. The number of epoxide rings is 5. The summed E-state index contributed by atoms with van der Waals surface area (Å²) in [7, 11) is 0. The topological polar surface area (TPSA) is 201 Å². The number of carbonyl (C=O) groups excluding carboxylic acids is 1. The lowest BCUT2D eigenvalue weighted by Crippen LogP contribution is -2.18. The van der Waals surface area contributed by atoms with Crippen LogP contribution < -0.4 is 0 Å². The number of hydrogen-bond acceptors (Lipinski definition) is 12. The molecule has 0 spiro atoms. The molecule has 13 heteroatoms. The number of carbonyl (C=O) groups is 1. The first-order valence-corrected chi connectivity index (χ1v) is 21.5. The van der Waals surface area contributed by atoms with Crippen molar-refractivity contribution < 1.29 is 59.1 Å². The van der Waals surface area contributed by atoms with Gasteiger partial charge in [0, 0.05) is 5.41 Å². The number of aryl methyl sites for hydroxylation is 1. The molecule has 5 saturated heterocycles. The summed E-state index contributed by atoms with van der Waals surface area (Å²) in [6.07, 6.45) is 11.2. The normalized spacial score (nSPS) is 17.7. The van der Waals surface area contributed by atoms with Crippen molar-refractivity contribution in [2.24, 2.45) is 0 Å². The molecule has 5 aliphatic heterocycles. The second-order valence-corrected chi connectivity index (χ2v) is 15.2. The Balaban J connectivity index is 0.000000726. The molecule has 0 amide bonds. The first kappa shape index (κ1) is 56.7. The zero-order chi connectivity index (χ0) is 45.0. The van der Waals surface area contributed by atoms with Gasteiger partial charge in [-0.05, 0) is 79.8 Å². The summed E-state index contributed by atoms with van der Waals surface area (Å²) in [5.41, 5.74) is 3.44. The number of alkyl halides is 1. The van der Waals surface area contributed by atoms with Crippen LogP contribution >= 0.6 is 11.6 Å². The van der Waals surface area contributed by atoms with E-state index < -0.39 is 6.10 Å². The number of benzene rings is 3. The third kappa shape index (κ3) is 37.7. The number of phenols is 3. The number of rotatable bonds is 13. The number of aliphatic hydroxyl groups is 3. The van der Waals surface area contributed by atoms with Crippen LogP contribution in [0, 0.1) is 0 Å². The van der Waals surface area contributed by atoms with Gasteiger partial charge in [0.1, 0.15) is 30.1 Å². The molecule has 342 valence electrons. The van der Waals surface area contributed by atoms with Crippen molar-refractivity contribution in [1.82, 2.24) is 0 Å². The Kier molecular flexibility index (Phi) is 34.4. The molecule has 5 fully saturated rings. The summed E-state index contributed by atoms with van der Waals surface area (Å²) in [5.74, 6) is 1.58. The fraction of sp³-hybridized carbons (Fsp3) is 0.596. The van der Waals surface area contributed by atoms with Gasteiger partial charge in [0.05, 0.1) is 83.7 Å². The van der Waals surface area contributed by atoms with E-state index in [-0.39, 0.29) is 30.1 Å². The largest absolute Gasteiger partial charge is 0.508 e. The molecule has 60 heavy (non-hydrogen) atoms. The van der Waals surface area contributed by atoms with E-state index in [4.69, 9.17) is 51.0 Å². The maximum Gasteiger partial charge on any atom is 0.115 e. The minimum Gasteiger partial charge on any atom is -0.508 e. The van der Waals surface area contributed by atoms with Gasteiger partial charge in [0.2, 0.25) is 0 Å². The van der Waals surface area contributed by atoms with Gasteiger partial charge >= 0.3 is 0 Å². The molecule has 0 radical (unpaired) electrons. The van der Waals surface area contributed by atoms with Crippen LogP contribution in [0.15, 0.2) is 72.8 Å². The maximum atomic E-state index is 9.30. The molecule has 3 aromatic carbocycles. The maximum absolute atomic E-state index is 9.30. The number of ether oxygens (including phenoxy) is 5. The molecule has 6 N–H and O–H groups in total. The van der Waals surface area contributed by atoms with Crippen LogP contribution in [-0.4, -0.2) is 127 Å². The highest BCUT2D eigenvalue weighted by Gasteiger charge is 2.23. The van der Waals surface area contributed by atoms with Gasteiger partial charge in [-0.3, -0.25) is 0 Å².